The first-order chi connectivity index (χ1) is 14.4. The van der Waals surface area contributed by atoms with Gasteiger partial charge in [0.2, 0.25) is 0 Å². The number of hydrogen-bond acceptors (Lipinski definition) is 3. The van der Waals surface area contributed by atoms with Crippen LogP contribution in [-0.4, -0.2) is 47.4 Å². The highest BCUT2D eigenvalue weighted by atomic mass is 19.1. The first-order valence-corrected chi connectivity index (χ1v) is 10.5. The fourth-order valence-electron chi connectivity index (χ4n) is 4.34. The Bertz CT molecular complexity index is 1040. The van der Waals surface area contributed by atoms with E-state index < -0.39 is 5.82 Å². The van der Waals surface area contributed by atoms with Gasteiger partial charge >= 0.3 is 0 Å². The van der Waals surface area contributed by atoms with Gasteiger partial charge in [-0.15, -0.1) is 0 Å². The summed E-state index contributed by atoms with van der Waals surface area (Å²) in [5.74, 6) is -0.750. The Morgan fingerprint density at radius 2 is 1.97 bits per heavy atom. The Balaban J connectivity index is 1.61. The van der Waals surface area contributed by atoms with E-state index in [2.05, 4.69) is 34.4 Å². The van der Waals surface area contributed by atoms with Gasteiger partial charge < -0.3 is 20.5 Å². The summed E-state index contributed by atoms with van der Waals surface area (Å²) in [6, 6.07) is 4.31. The molecule has 6 nitrogen and oxygen atoms in total. The number of carbonyl (C=O) groups is 2. The normalized spacial score (nSPS) is 19.1. The highest BCUT2D eigenvalue weighted by Gasteiger charge is 2.30. The number of benzene rings is 1. The van der Waals surface area contributed by atoms with Gasteiger partial charge in [0.1, 0.15) is 5.82 Å². The third kappa shape index (κ3) is 3.65. The minimum absolute atomic E-state index is 0.0776. The summed E-state index contributed by atoms with van der Waals surface area (Å²) in [4.78, 5) is 30.9. The number of halogens is 1. The Morgan fingerprint density at radius 3 is 2.70 bits per heavy atom. The molecule has 158 valence electrons. The van der Waals surface area contributed by atoms with Crippen LogP contribution >= 0.6 is 0 Å². The highest BCUT2D eigenvalue weighted by Crippen LogP contribution is 2.35. The van der Waals surface area contributed by atoms with Crippen LogP contribution in [0.5, 0.6) is 0 Å². The fraction of sp³-hybridized carbons (Fsp3) is 0.391. The fourth-order valence-corrected chi connectivity index (χ4v) is 4.34. The molecule has 1 aromatic carbocycles. The Hall–Kier alpha value is -2.93. The highest BCUT2D eigenvalue weighted by molar-refractivity contribution is 6.34. The van der Waals surface area contributed by atoms with E-state index in [-0.39, 0.29) is 17.9 Å². The Kier molecular flexibility index (Phi) is 5.47. The third-order valence-corrected chi connectivity index (χ3v) is 6.12. The predicted octanol–water partition coefficient (Wildman–Crippen LogP) is 3.34. The van der Waals surface area contributed by atoms with Gasteiger partial charge in [-0.25, -0.2) is 4.39 Å². The third-order valence-electron chi connectivity index (χ3n) is 6.12. The maximum atomic E-state index is 13.7. The maximum absolute atomic E-state index is 13.7. The smallest absolute Gasteiger partial charge is 0.256 e. The lowest BCUT2D eigenvalue weighted by Crippen LogP contribution is -2.43. The van der Waals surface area contributed by atoms with Crippen molar-refractivity contribution in [1.82, 2.24) is 15.2 Å². The number of hydrogen-bond donors (Lipinski definition) is 3. The van der Waals surface area contributed by atoms with Gasteiger partial charge in [-0.2, -0.15) is 0 Å². The zero-order valence-corrected chi connectivity index (χ0v) is 17.6. The number of rotatable bonds is 6. The van der Waals surface area contributed by atoms with E-state index in [4.69, 9.17) is 0 Å². The Morgan fingerprint density at radius 1 is 1.20 bits per heavy atom. The average molecular weight is 410 g/mol. The number of carbonyl (C=O) groups excluding carboxylic acids is 2. The minimum Gasteiger partial charge on any atom is -0.358 e. The van der Waals surface area contributed by atoms with E-state index in [1.807, 2.05) is 6.92 Å². The summed E-state index contributed by atoms with van der Waals surface area (Å²) in [6.45, 7) is 9.07. The summed E-state index contributed by atoms with van der Waals surface area (Å²) in [5, 5.41) is 5.88. The van der Waals surface area contributed by atoms with Crippen LogP contribution in [0.4, 0.5) is 10.1 Å². The quantitative estimate of drug-likeness (QED) is 0.639. The second kappa shape index (κ2) is 8.07. The number of H-pyrrole nitrogens is 1. The van der Waals surface area contributed by atoms with E-state index in [9.17, 15) is 14.0 Å². The molecule has 30 heavy (non-hydrogen) atoms. The monoisotopic (exact) mass is 410 g/mol. The summed E-state index contributed by atoms with van der Waals surface area (Å²) in [6.07, 6.45) is 3.33. The first-order valence-electron chi connectivity index (χ1n) is 10.5. The number of anilines is 1. The van der Waals surface area contributed by atoms with Crippen LogP contribution in [0.15, 0.2) is 18.2 Å². The molecule has 2 aliphatic heterocycles. The second-order valence-electron chi connectivity index (χ2n) is 7.91. The summed E-state index contributed by atoms with van der Waals surface area (Å²) in [7, 11) is 0. The Labute approximate surface area is 175 Å². The predicted molar refractivity (Wildman–Crippen MR) is 116 cm³/mol. The number of nitrogens with one attached hydrogen (secondary N) is 3. The topological polar surface area (TPSA) is 77.2 Å². The number of aromatic amines is 1. The molecule has 0 bridgehead atoms. The molecule has 1 unspecified atom stereocenters. The molecule has 2 amide bonds. The molecule has 0 aliphatic carbocycles. The molecule has 2 aliphatic rings. The van der Waals surface area contributed by atoms with Gasteiger partial charge in [0, 0.05) is 41.6 Å². The first kappa shape index (κ1) is 20.3. The summed E-state index contributed by atoms with van der Waals surface area (Å²) in [5.41, 5.74) is 4.58. The van der Waals surface area contributed by atoms with E-state index in [1.54, 1.807) is 12.1 Å². The summed E-state index contributed by atoms with van der Waals surface area (Å²) >= 11 is 0. The van der Waals surface area contributed by atoms with Gasteiger partial charge in [0.25, 0.3) is 11.8 Å². The number of aromatic nitrogens is 1. The van der Waals surface area contributed by atoms with E-state index >= 15 is 0 Å². The molecular weight excluding hydrogens is 383 g/mol. The van der Waals surface area contributed by atoms with Crippen molar-refractivity contribution in [3.63, 3.8) is 0 Å². The van der Waals surface area contributed by atoms with Crippen molar-refractivity contribution >= 4 is 29.2 Å². The molecule has 3 N–H and O–H groups in total. The summed E-state index contributed by atoms with van der Waals surface area (Å²) < 4.78 is 13.7. The minimum atomic E-state index is -0.394. The van der Waals surface area contributed by atoms with Crippen molar-refractivity contribution in [3.8, 4) is 0 Å². The van der Waals surface area contributed by atoms with Crippen LogP contribution < -0.4 is 10.6 Å². The molecule has 2 aromatic rings. The molecule has 3 heterocycles. The standard InChI is InChI=1S/C23H27FN4O2/c1-4-28(5-2)9-8-15-11-20-21(23(30)25-15)13(3)19(26-20)12-17-16-10-14(24)6-7-18(16)27-22(17)29/h6-7,10,12,15,26H,4-5,8-9,11H2,1-3H3,(H,25,30)(H,27,29)/b17-12-. The number of fused-ring (bicyclic) bond motifs is 2. The lowest BCUT2D eigenvalue weighted by molar-refractivity contribution is -0.110. The van der Waals surface area contributed by atoms with E-state index in [0.29, 0.717) is 28.1 Å². The van der Waals surface area contributed by atoms with Crippen molar-refractivity contribution < 1.29 is 14.0 Å². The lowest BCUT2D eigenvalue weighted by Gasteiger charge is -2.26. The zero-order valence-electron chi connectivity index (χ0n) is 17.6. The molecule has 0 saturated heterocycles. The van der Waals surface area contributed by atoms with Gasteiger partial charge in [-0.3, -0.25) is 9.59 Å². The number of nitrogens with zero attached hydrogens (tertiary/aromatic N) is 1. The lowest BCUT2D eigenvalue weighted by atomic mass is 9.97. The average Bonchev–Trinajstić information content (AvgIpc) is 3.19. The molecule has 4 rings (SSSR count). The van der Waals surface area contributed by atoms with E-state index in [1.165, 1.54) is 12.1 Å². The van der Waals surface area contributed by atoms with Gasteiger partial charge in [0.05, 0.1) is 11.1 Å². The van der Waals surface area contributed by atoms with Crippen molar-refractivity contribution in [3.05, 3.63) is 52.1 Å². The van der Waals surface area contributed by atoms with Crippen LogP contribution in [0.3, 0.4) is 0 Å². The molecular formula is C23H27FN4O2. The van der Waals surface area contributed by atoms with Crippen molar-refractivity contribution in [2.24, 2.45) is 0 Å². The van der Waals surface area contributed by atoms with Crippen LogP contribution in [0.25, 0.3) is 11.6 Å². The van der Waals surface area contributed by atoms with Crippen LogP contribution in [0.1, 0.15) is 53.1 Å². The molecule has 0 saturated carbocycles. The second-order valence-corrected chi connectivity index (χ2v) is 7.91. The van der Waals surface area contributed by atoms with Crippen LogP contribution in [-0.2, 0) is 11.2 Å². The van der Waals surface area contributed by atoms with Crippen LogP contribution in [0.2, 0.25) is 0 Å². The molecule has 0 radical (unpaired) electrons. The molecule has 0 fully saturated rings. The van der Waals surface area contributed by atoms with Crippen molar-refractivity contribution in [2.45, 2.75) is 39.7 Å². The largest absolute Gasteiger partial charge is 0.358 e. The van der Waals surface area contributed by atoms with Gasteiger partial charge in [-0.1, -0.05) is 13.8 Å². The zero-order chi connectivity index (χ0) is 21.4. The van der Waals surface area contributed by atoms with Gasteiger partial charge in [0.15, 0.2) is 0 Å². The number of amides is 2. The maximum Gasteiger partial charge on any atom is 0.256 e. The van der Waals surface area contributed by atoms with Crippen LogP contribution in [0, 0.1) is 12.7 Å². The van der Waals surface area contributed by atoms with Gasteiger partial charge in [-0.05, 0) is 56.3 Å². The molecule has 0 spiro atoms. The SMILES string of the molecule is CCN(CC)CCC1Cc2[nH]c(/C=C3\C(=O)Nc4ccc(F)cc43)c(C)c2C(=O)N1. The van der Waals surface area contributed by atoms with E-state index in [0.717, 1.165) is 43.7 Å². The molecule has 1 atom stereocenters. The molecule has 1 aromatic heterocycles. The van der Waals surface area contributed by atoms with Crippen molar-refractivity contribution in [1.29, 1.82) is 0 Å². The molecule has 7 heteroatoms. The van der Waals surface area contributed by atoms with Crippen molar-refractivity contribution in [2.75, 3.05) is 25.0 Å².